The Hall–Kier alpha value is -3.38. The fourth-order valence-corrected chi connectivity index (χ4v) is 4.65. The molecule has 4 aromatic rings. The number of cyclic esters (lactones) is 1. The SMILES string of the molecule is CC1(c2ccc(-c3ccccc3)cc2)CC(Nc2n[nH]c(-c3ccccc3)c2Br)C(=O)O1. The Labute approximate surface area is 195 Å². The first-order valence-electron chi connectivity index (χ1n) is 10.5. The van der Waals surface area contributed by atoms with Crippen molar-refractivity contribution < 1.29 is 9.53 Å². The molecule has 2 atom stereocenters. The van der Waals surface area contributed by atoms with Crippen molar-refractivity contribution in [1.82, 2.24) is 10.2 Å². The molecule has 1 aliphatic heterocycles. The highest BCUT2D eigenvalue weighted by atomic mass is 79.9. The number of aromatic nitrogens is 2. The van der Waals surface area contributed by atoms with Crippen molar-refractivity contribution in [1.29, 1.82) is 0 Å². The molecule has 5 nitrogen and oxygen atoms in total. The Morgan fingerprint density at radius 1 is 0.938 bits per heavy atom. The number of aromatic amines is 1. The molecule has 1 saturated heterocycles. The standard InChI is InChI=1S/C26H22BrN3O2/c1-26(20-14-12-18(13-15-20)17-8-4-2-5-9-17)16-21(25(31)32-26)28-24-22(27)23(29-30-24)19-10-6-3-7-11-19/h2-15,21H,16H2,1H3,(H2,28,29,30). The van der Waals surface area contributed by atoms with Gasteiger partial charge in [0.05, 0.1) is 10.2 Å². The maximum atomic E-state index is 12.7. The summed E-state index contributed by atoms with van der Waals surface area (Å²) in [7, 11) is 0. The van der Waals surface area contributed by atoms with E-state index in [9.17, 15) is 4.79 Å². The van der Waals surface area contributed by atoms with Crippen LogP contribution in [0.4, 0.5) is 5.82 Å². The number of ether oxygens (including phenoxy) is 1. The van der Waals surface area contributed by atoms with E-state index in [1.165, 1.54) is 0 Å². The molecule has 32 heavy (non-hydrogen) atoms. The maximum absolute atomic E-state index is 12.7. The van der Waals surface area contributed by atoms with E-state index >= 15 is 0 Å². The summed E-state index contributed by atoms with van der Waals surface area (Å²) in [6.07, 6.45) is 0.510. The molecular formula is C26H22BrN3O2. The van der Waals surface area contributed by atoms with Gasteiger partial charge in [0, 0.05) is 12.0 Å². The zero-order valence-electron chi connectivity index (χ0n) is 17.5. The topological polar surface area (TPSA) is 67.0 Å². The van der Waals surface area contributed by atoms with Crippen molar-refractivity contribution in [3.8, 4) is 22.4 Å². The summed E-state index contributed by atoms with van der Waals surface area (Å²) in [5.74, 6) is 0.310. The zero-order valence-corrected chi connectivity index (χ0v) is 19.1. The molecule has 0 amide bonds. The molecule has 2 unspecified atom stereocenters. The van der Waals surface area contributed by atoms with E-state index < -0.39 is 11.6 Å². The molecule has 1 aromatic heterocycles. The van der Waals surface area contributed by atoms with E-state index in [1.54, 1.807) is 0 Å². The summed E-state index contributed by atoms with van der Waals surface area (Å²) in [5, 5.41) is 10.7. The largest absolute Gasteiger partial charge is 0.453 e. The van der Waals surface area contributed by atoms with E-state index in [1.807, 2.05) is 67.6 Å². The minimum Gasteiger partial charge on any atom is -0.453 e. The third kappa shape index (κ3) is 3.82. The lowest BCUT2D eigenvalue weighted by atomic mass is 9.90. The lowest BCUT2D eigenvalue weighted by Gasteiger charge is -2.23. The highest BCUT2D eigenvalue weighted by molar-refractivity contribution is 9.10. The summed E-state index contributed by atoms with van der Waals surface area (Å²) >= 11 is 3.61. The van der Waals surface area contributed by atoms with Crippen molar-refractivity contribution in [2.75, 3.05) is 5.32 Å². The first-order chi connectivity index (χ1) is 15.5. The van der Waals surface area contributed by atoms with Gasteiger partial charge in [-0.25, -0.2) is 4.79 Å². The van der Waals surface area contributed by atoms with Crippen LogP contribution in [0.25, 0.3) is 22.4 Å². The van der Waals surface area contributed by atoms with Gasteiger partial charge >= 0.3 is 5.97 Å². The average Bonchev–Trinajstić information content (AvgIpc) is 3.34. The van der Waals surface area contributed by atoms with Crippen LogP contribution in [-0.2, 0) is 15.1 Å². The predicted molar refractivity (Wildman–Crippen MR) is 129 cm³/mol. The number of rotatable bonds is 5. The van der Waals surface area contributed by atoms with Gasteiger partial charge in [-0.15, -0.1) is 0 Å². The first kappa shape index (κ1) is 20.5. The molecule has 0 aliphatic carbocycles. The summed E-state index contributed by atoms with van der Waals surface area (Å²) in [6.45, 7) is 1.96. The van der Waals surface area contributed by atoms with Crippen LogP contribution < -0.4 is 5.32 Å². The summed E-state index contributed by atoms with van der Waals surface area (Å²) in [5.41, 5.74) is 4.43. The molecule has 6 heteroatoms. The quantitative estimate of drug-likeness (QED) is 0.331. The third-order valence-corrected chi connectivity index (χ3v) is 6.66. The Bertz CT molecular complexity index is 1240. The third-order valence-electron chi connectivity index (χ3n) is 5.89. The Morgan fingerprint density at radius 2 is 1.53 bits per heavy atom. The van der Waals surface area contributed by atoms with Gasteiger partial charge in [0.2, 0.25) is 0 Å². The Kier molecular flexibility index (Phi) is 5.31. The van der Waals surface area contributed by atoms with Crippen molar-refractivity contribution in [2.24, 2.45) is 0 Å². The van der Waals surface area contributed by atoms with Gasteiger partial charge in [-0.05, 0) is 39.5 Å². The van der Waals surface area contributed by atoms with Crippen molar-refractivity contribution in [3.05, 3.63) is 95.0 Å². The van der Waals surface area contributed by atoms with Gasteiger partial charge in [0.1, 0.15) is 11.6 Å². The molecule has 2 N–H and O–H groups in total. The molecule has 1 aliphatic rings. The highest BCUT2D eigenvalue weighted by Crippen LogP contribution is 2.40. The van der Waals surface area contributed by atoms with Crippen LogP contribution in [0, 0.1) is 0 Å². The molecule has 0 spiro atoms. The van der Waals surface area contributed by atoms with E-state index in [2.05, 4.69) is 55.7 Å². The second kappa shape index (κ2) is 8.28. The Balaban J connectivity index is 1.34. The van der Waals surface area contributed by atoms with E-state index in [0.29, 0.717) is 12.2 Å². The number of benzene rings is 3. The lowest BCUT2D eigenvalue weighted by Crippen LogP contribution is -2.25. The summed E-state index contributed by atoms with van der Waals surface area (Å²) in [4.78, 5) is 12.7. The van der Waals surface area contributed by atoms with Crippen molar-refractivity contribution in [2.45, 2.75) is 25.0 Å². The number of nitrogens with zero attached hydrogens (tertiary/aromatic N) is 1. The van der Waals surface area contributed by atoms with Crippen molar-refractivity contribution >= 4 is 27.7 Å². The zero-order chi connectivity index (χ0) is 22.1. The number of halogens is 1. The van der Waals surface area contributed by atoms with Crippen LogP contribution >= 0.6 is 15.9 Å². The van der Waals surface area contributed by atoms with Crippen LogP contribution in [0.5, 0.6) is 0 Å². The monoisotopic (exact) mass is 487 g/mol. The Morgan fingerprint density at radius 3 is 2.19 bits per heavy atom. The van der Waals surface area contributed by atoms with Crippen LogP contribution in [0.2, 0.25) is 0 Å². The molecule has 0 bridgehead atoms. The number of H-pyrrole nitrogens is 1. The molecule has 0 saturated carbocycles. The van der Waals surface area contributed by atoms with Crippen LogP contribution in [0.1, 0.15) is 18.9 Å². The summed E-state index contributed by atoms with van der Waals surface area (Å²) in [6, 6.07) is 27.9. The minimum atomic E-state index is -0.699. The van der Waals surface area contributed by atoms with Gasteiger partial charge < -0.3 is 10.1 Å². The number of hydrogen-bond acceptors (Lipinski definition) is 4. The maximum Gasteiger partial charge on any atom is 0.329 e. The number of anilines is 1. The second-order valence-electron chi connectivity index (χ2n) is 8.12. The number of esters is 1. The molecular weight excluding hydrogens is 466 g/mol. The molecule has 5 rings (SSSR count). The lowest BCUT2D eigenvalue weighted by molar-refractivity contribution is -0.148. The summed E-state index contributed by atoms with van der Waals surface area (Å²) < 4.78 is 6.63. The van der Waals surface area contributed by atoms with Gasteiger partial charge in [0.15, 0.2) is 5.82 Å². The van der Waals surface area contributed by atoms with Gasteiger partial charge in [-0.1, -0.05) is 84.9 Å². The molecule has 0 radical (unpaired) electrons. The predicted octanol–water partition coefficient (Wildman–Crippen LogP) is 6.15. The highest BCUT2D eigenvalue weighted by Gasteiger charge is 2.45. The normalized spacial score (nSPS) is 20.2. The average molecular weight is 488 g/mol. The minimum absolute atomic E-state index is 0.282. The molecule has 1 fully saturated rings. The van der Waals surface area contributed by atoms with E-state index in [4.69, 9.17) is 4.74 Å². The first-order valence-corrected chi connectivity index (χ1v) is 11.3. The molecule has 3 aromatic carbocycles. The van der Waals surface area contributed by atoms with Crippen LogP contribution in [0.15, 0.2) is 89.4 Å². The van der Waals surface area contributed by atoms with Crippen molar-refractivity contribution in [3.63, 3.8) is 0 Å². The molecule has 2 heterocycles. The second-order valence-corrected chi connectivity index (χ2v) is 8.92. The molecule has 160 valence electrons. The number of nitrogens with one attached hydrogen (secondary N) is 2. The van der Waals surface area contributed by atoms with E-state index in [-0.39, 0.29) is 5.97 Å². The van der Waals surface area contributed by atoms with Crippen LogP contribution in [0.3, 0.4) is 0 Å². The fraction of sp³-hybridized carbons (Fsp3) is 0.154. The number of carbonyl (C=O) groups excluding carboxylic acids is 1. The van der Waals surface area contributed by atoms with E-state index in [0.717, 1.165) is 32.4 Å². The van der Waals surface area contributed by atoms with Gasteiger partial charge in [0.25, 0.3) is 0 Å². The van der Waals surface area contributed by atoms with Crippen LogP contribution in [-0.4, -0.2) is 22.2 Å². The number of hydrogen-bond donors (Lipinski definition) is 2. The number of carbonyl (C=O) groups is 1. The smallest absolute Gasteiger partial charge is 0.329 e. The van der Waals surface area contributed by atoms with Gasteiger partial charge in [-0.3, -0.25) is 5.10 Å². The fourth-order valence-electron chi connectivity index (χ4n) is 4.13. The van der Waals surface area contributed by atoms with Gasteiger partial charge in [-0.2, -0.15) is 5.10 Å².